The van der Waals surface area contributed by atoms with Crippen molar-refractivity contribution in [1.29, 1.82) is 0 Å². The van der Waals surface area contributed by atoms with Crippen LogP contribution >= 0.6 is 0 Å². The Hall–Kier alpha value is -1.66. The number of allylic oxidation sites excluding steroid dienone is 2. The minimum absolute atomic E-state index is 0.00819. The monoisotopic (exact) mass is 570 g/mol. The maximum Gasteiger partial charge on any atom is 0.201 e. The van der Waals surface area contributed by atoms with Gasteiger partial charge in [0.15, 0.2) is 0 Å². The van der Waals surface area contributed by atoms with E-state index < -0.39 is 14.4 Å². The van der Waals surface area contributed by atoms with Crippen LogP contribution in [0.25, 0.3) is 0 Å². The Morgan fingerprint density at radius 3 is 2.17 bits per heavy atom. The maximum atomic E-state index is 10.7. The fourth-order valence-electron chi connectivity index (χ4n) is 6.95. The molecule has 0 spiro atoms. The molecule has 0 radical (unpaired) electrons. The second kappa shape index (κ2) is 15.5. The van der Waals surface area contributed by atoms with Crippen LogP contribution in [-0.4, -0.2) is 39.3 Å². The van der Waals surface area contributed by atoms with Crippen molar-refractivity contribution in [3.63, 3.8) is 0 Å². The average molecular weight is 571 g/mol. The number of rotatable bonds is 16. The number of hydrogen-bond donors (Lipinski definition) is 1. The molecule has 0 saturated carbocycles. The van der Waals surface area contributed by atoms with Gasteiger partial charge in [0.25, 0.3) is 0 Å². The molecular weight excluding hydrogens is 512 g/mol. The van der Waals surface area contributed by atoms with E-state index in [-0.39, 0.29) is 11.5 Å². The first-order valence-corrected chi connectivity index (χ1v) is 17.5. The highest BCUT2D eigenvalue weighted by Crippen LogP contribution is 2.49. The third-order valence-corrected chi connectivity index (χ3v) is 15.5. The van der Waals surface area contributed by atoms with Crippen LogP contribution in [0.1, 0.15) is 93.6 Å². The lowest BCUT2D eigenvalue weighted by molar-refractivity contribution is 0.0879. The molecule has 3 unspecified atom stereocenters. The van der Waals surface area contributed by atoms with E-state index in [0.29, 0.717) is 42.2 Å². The summed E-state index contributed by atoms with van der Waals surface area (Å²) in [5.74, 6) is 1.21. The largest absolute Gasteiger partial charge is 0.497 e. The van der Waals surface area contributed by atoms with Gasteiger partial charge in [-0.15, -0.1) is 6.58 Å². The van der Waals surface area contributed by atoms with Crippen molar-refractivity contribution in [2.24, 2.45) is 11.3 Å². The third kappa shape index (κ3) is 8.67. The standard InChI is InChI=1S/C35H58O4Si/c1-12-32(39-40(25(2)3,26(4)5)27(6)7)23-34-28(8)13-16-30(35(34,9)10)17-18-31(36)21-22-38-24-29-14-19-33(37-11)20-15-29/h12,14-15,17-20,25-27,30-32,36H,1,13,16,21-24H2,2-11H3/b18-17+. The van der Waals surface area contributed by atoms with E-state index in [2.05, 4.69) is 75.0 Å². The first-order chi connectivity index (χ1) is 18.8. The van der Waals surface area contributed by atoms with Crippen molar-refractivity contribution >= 4 is 8.32 Å². The second-order valence-electron chi connectivity index (χ2n) is 13.2. The normalized spacial score (nSPS) is 19.6. The van der Waals surface area contributed by atoms with Gasteiger partial charge in [-0.25, -0.2) is 0 Å². The maximum absolute atomic E-state index is 10.7. The average Bonchev–Trinajstić information content (AvgIpc) is 2.89. The van der Waals surface area contributed by atoms with Gasteiger partial charge in [-0.1, -0.05) is 96.9 Å². The number of methoxy groups -OCH3 is 1. The van der Waals surface area contributed by atoms with E-state index >= 15 is 0 Å². The number of aliphatic hydroxyl groups is 1. The third-order valence-electron chi connectivity index (χ3n) is 9.33. The van der Waals surface area contributed by atoms with Crippen molar-refractivity contribution in [2.75, 3.05) is 13.7 Å². The van der Waals surface area contributed by atoms with Crippen LogP contribution in [0.5, 0.6) is 5.75 Å². The number of aliphatic hydroxyl groups excluding tert-OH is 1. The predicted molar refractivity (Wildman–Crippen MR) is 172 cm³/mol. The van der Waals surface area contributed by atoms with E-state index in [1.807, 2.05) is 36.4 Å². The molecule has 1 aliphatic carbocycles. The van der Waals surface area contributed by atoms with Gasteiger partial charge in [0.1, 0.15) is 5.75 Å². The molecule has 1 N–H and O–H groups in total. The predicted octanol–water partition coefficient (Wildman–Crippen LogP) is 9.41. The summed E-state index contributed by atoms with van der Waals surface area (Å²) in [5, 5.41) is 10.7. The summed E-state index contributed by atoms with van der Waals surface area (Å²) in [6.45, 7) is 26.4. The molecule has 0 aliphatic heterocycles. The summed E-state index contributed by atoms with van der Waals surface area (Å²) < 4.78 is 18.2. The lowest BCUT2D eigenvalue weighted by Crippen LogP contribution is -2.50. The lowest BCUT2D eigenvalue weighted by atomic mass is 9.64. The quantitative estimate of drug-likeness (QED) is 0.122. The number of ether oxygens (including phenoxy) is 2. The molecule has 0 saturated heterocycles. The van der Waals surface area contributed by atoms with E-state index in [0.717, 1.165) is 30.6 Å². The van der Waals surface area contributed by atoms with Crippen molar-refractivity contribution in [2.45, 2.75) is 123 Å². The highest BCUT2D eigenvalue weighted by molar-refractivity contribution is 6.77. The SMILES string of the molecule is C=CC(CC1=C(C)CCC(/C=C/C(O)CCOCc2ccc(OC)cc2)C1(C)C)O[Si](C(C)C)(C(C)C)C(C)C. The first-order valence-electron chi connectivity index (χ1n) is 15.4. The van der Waals surface area contributed by atoms with Crippen LogP contribution < -0.4 is 4.74 Å². The Bertz CT molecular complexity index is 952. The van der Waals surface area contributed by atoms with Gasteiger partial charge in [0.2, 0.25) is 8.32 Å². The molecular formula is C35H58O4Si. The summed E-state index contributed by atoms with van der Waals surface area (Å²) in [6, 6.07) is 7.89. The van der Waals surface area contributed by atoms with Gasteiger partial charge in [-0.2, -0.15) is 0 Å². The van der Waals surface area contributed by atoms with Crippen LogP contribution in [-0.2, 0) is 15.8 Å². The highest BCUT2D eigenvalue weighted by Gasteiger charge is 2.47. The molecule has 5 heteroatoms. The van der Waals surface area contributed by atoms with Crippen LogP contribution in [0.3, 0.4) is 0 Å². The smallest absolute Gasteiger partial charge is 0.201 e. The number of hydrogen-bond acceptors (Lipinski definition) is 4. The van der Waals surface area contributed by atoms with Gasteiger partial charge in [-0.3, -0.25) is 0 Å². The van der Waals surface area contributed by atoms with E-state index in [9.17, 15) is 5.11 Å². The van der Waals surface area contributed by atoms with E-state index in [1.54, 1.807) is 7.11 Å². The van der Waals surface area contributed by atoms with Crippen molar-refractivity contribution in [3.05, 3.63) is 65.8 Å². The summed E-state index contributed by atoms with van der Waals surface area (Å²) in [5.41, 5.74) is 5.70. The van der Waals surface area contributed by atoms with Gasteiger partial charge in [0.05, 0.1) is 25.9 Å². The van der Waals surface area contributed by atoms with Crippen molar-refractivity contribution < 1.29 is 19.0 Å². The first kappa shape index (κ1) is 34.5. The highest BCUT2D eigenvalue weighted by atomic mass is 28.4. The molecule has 0 heterocycles. The molecule has 40 heavy (non-hydrogen) atoms. The molecule has 0 bridgehead atoms. The van der Waals surface area contributed by atoms with Crippen LogP contribution in [0.4, 0.5) is 0 Å². The van der Waals surface area contributed by atoms with Gasteiger partial charge >= 0.3 is 0 Å². The Morgan fingerprint density at radius 1 is 1.05 bits per heavy atom. The minimum Gasteiger partial charge on any atom is -0.497 e. The van der Waals surface area contributed by atoms with Gasteiger partial charge < -0.3 is 19.0 Å². The molecule has 1 aromatic rings. The molecule has 2 rings (SSSR count). The molecule has 226 valence electrons. The summed E-state index contributed by atoms with van der Waals surface area (Å²) in [7, 11) is -0.347. The zero-order chi connectivity index (χ0) is 30.1. The Labute approximate surface area is 247 Å². The molecule has 0 amide bonds. The van der Waals surface area contributed by atoms with Crippen LogP contribution in [0.15, 0.2) is 60.2 Å². The molecule has 1 aromatic carbocycles. The van der Waals surface area contributed by atoms with Crippen molar-refractivity contribution in [1.82, 2.24) is 0 Å². The molecule has 3 atom stereocenters. The molecule has 0 fully saturated rings. The van der Waals surface area contributed by atoms with E-state index in [1.165, 1.54) is 11.1 Å². The van der Waals surface area contributed by atoms with Gasteiger partial charge in [0, 0.05) is 13.0 Å². The second-order valence-corrected chi connectivity index (χ2v) is 18.6. The van der Waals surface area contributed by atoms with Crippen molar-refractivity contribution in [3.8, 4) is 5.75 Å². The summed E-state index contributed by atoms with van der Waals surface area (Å²) in [6.07, 6.45) is 9.45. The Kier molecular flexibility index (Phi) is 13.4. The van der Waals surface area contributed by atoms with Crippen LogP contribution in [0.2, 0.25) is 16.6 Å². The van der Waals surface area contributed by atoms with Gasteiger partial charge in [-0.05, 0) is 71.8 Å². The van der Waals surface area contributed by atoms with E-state index in [4.69, 9.17) is 13.9 Å². The Morgan fingerprint density at radius 2 is 1.65 bits per heavy atom. The Balaban J connectivity index is 2.02. The topological polar surface area (TPSA) is 47.9 Å². The molecule has 4 nitrogen and oxygen atoms in total. The fourth-order valence-corrected chi connectivity index (χ4v) is 12.5. The summed E-state index contributed by atoms with van der Waals surface area (Å²) in [4.78, 5) is 0. The summed E-state index contributed by atoms with van der Waals surface area (Å²) >= 11 is 0. The lowest BCUT2D eigenvalue weighted by Gasteiger charge is -2.46. The fraction of sp³-hybridized carbons (Fsp3) is 0.657. The van der Waals surface area contributed by atoms with Crippen LogP contribution in [0, 0.1) is 11.3 Å². The number of benzene rings is 1. The molecule has 0 aromatic heterocycles. The zero-order valence-corrected chi connectivity index (χ0v) is 28.1. The zero-order valence-electron chi connectivity index (χ0n) is 27.1. The molecule has 1 aliphatic rings. The minimum atomic E-state index is -2.01.